The Morgan fingerprint density at radius 3 is 0.581 bits per heavy atom. The fourth-order valence-corrected chi connectivity index (χ4v) is 18.6. The van der Waals surface area contributed by atoms with Crippen LogP contribution in [0.5, 0.6) is 69.0 Å². The van der Waals surface area contributed by atoms with E-state index >= 15 is 0 Å². The first-order valence-electron chi connectivity index (χ1n) is 38.1. The number of aliphatic hydroxyl groups excluding tert-OH is 1. The Kier molecular flexibility index (Phi) is 43.0. The highest BCUT2D eigenvalue weighted by atomic mass is 28.4. The molecule has 27 nitrogen and oxygen atoms in total. The molecule has 650 valence electrons. The van der Waals surface area contributed by atoms with Crippen LogP contribution < -0.4 is 68.4 Å². The van der Waals surface area contributed by atoms with E-state index in [1.165, 1.54) is 12.1 Å². The van der Waals surface area contributed by atoms with Crippen molar-refractivity contribution in [3.8, 4) is 69.0 Å². The van der Waals surface area contributed by atoms with Crippen molar-refractivity contribution in [2.45, 2.75) is 0 Å². The summed E-state index contributed by atoms with van der Waals surface area (Å²) < 4.78 is 82.7. The van der Waals surface area contributed by atoms with Crippen molar-refractivity contribution in [1.29, 1.82) is 0 Å². The van der Waals surface area contributed by atoms with Gasteiger partial charge in [0.15, 0.2) is 0 Å². The number of hydrogen-bond acceptors (Lipinski definition) is 27. The fraction of sp³-hybridized carbons (Fsp3) is 0.147. The van der Waals surface area contributed by atoms with Gasteiger partial charge in [0.2, 0.25) is 0 Å². The molecule has 0 amide bonds. The van der Waals surface area contributed by atoms with Crippen molar-refractivity contribution in [2.24, 2.45) is 0 Å². The Balaban J connectivity index is 0.000000369. The predicted octanol–water partition coefficient (Wildman–Crippen LogP) is 10.4. The van der Waals surface area contributed by atoms with Gasteiger partial charge in [-0.3, -0.25) is 0 Å². The first-order valence-corrected chi connectivity index (χ1v) is 41.9. The number of aromatic hydroxyl groups is 4. The normalized spacial score (nSPS) is 10.2. The molecule has 10 aromatic rings. The van der Waals surface area contributed by atoms with Crippen molar-refractivity contribution in [1.82, 2.24) is 0 Å². The molecule has 10 rings (SSSR count). The summed E-state index contributed by atoms with van der Waals surface area (Å²) in [4.78, 5) is 77.6. The van der Waals surface area contributed by atoms with Crippen molar-refractivity contribution in [2.75, 3.05) is 92.5 Å². The highest BCUT2D eigenvalue weighted by molar-refractivity contribution is 7.08. The molecule has 0 saturated heterocycles. The van der Waals surface area contributed by atoms with E-state index in [0.29, 0.717) is 46.0 Å². The van der Waals surface area contributed by atoms with Gasteiger partial charge < -0.3 is 97.4 Å². The molecule has 0 spiro atoms. The van der Waals surface area contributed by atoms with Crippen LogP contribution in [0.4, 0.5) is 0 Å². The second kappa shape index (κ2) is 54.7. The maximum absolute atomic E-state index is 11.4. The molecule has 0 bridgehead atoms. The number of phenols is 4. The molecule has 0 fully saturated rings. The van der Waals surface area contributed by atoms with Crippen molar-refractivity contribution < 1.29 is 132 Å². The minimum Gasteiger partial charge on any atom is -1.00 e. The molecule has 0 atom stereocenters. The predicted molar refractivity (Wildman–Crippen MR) is 473 cm³/mol. The lowest BCUT2D eigenvalue weighted by Crippen LogP contribution is -2.71. The lowest BCUT2D eigenvalue weighted by molar-refractivity contribution is -0.139. The van der Waals surface area contributed by atoms with Gasteiger partial charge in [-0.25, -0.2) is 33.6 Å². The van der Waals surface area contributed by atoms with E-state index in [1.807, 2.05) is 109 Å². The molecule has 29 heteroatoms. The molecular formula is C95H99O27Si2-. The number of rotatable bonds is 43. The molecular weight excluding hydrogens is 1630 g/mol. The zero-order chi connectivity index (χ0) is 89.6. The first-order chi connectivity index (χ1) is 60.1. The average Bonchev–Trinajstić information content (AvgIpc) is 0.755. The van der Waals surface area contributed by atoms with Crippen molar-refractivity contribution in [3.05, 3.63) is 343 Å². The van der Waals surface area contributed by atoms with Crippen LogP contribution in [0.1, 0.15) is 2.85 Å². The molecule has 0 heterocycles. The number of aliphatic hydroxyl groups is 1. The average molecular weight is 1730 g/mol. The van der Waals surface area contributed by atoms with Gasteiger partial charge in [0.05, 0.1) is 6.61 Å². The summed E-state index contributed by atoms with van der Waals surface area (Å²) in [5.74, 6) is -0.624. The Bertz CT molecular complexity index is 4460. The van der Waals surface area contributed by atoms with E-state index < -0.39 is 58.4 Å². The van der Waals surface area contributed by atoms with Crippen LogP contribution in [-0.4, -0.2) is 176 Å². The van der Waals surface area contributed by atoms with Gasteiger partial charge in [-0.2, -0.15) is 0 Å². The third-order valence-electron chi connectivity index (χ3n) is 16.2. The van der Waals surface area contributed by atoms with Gasteiger partial charge in [-0.05, 0) is 31.1 Å². The van der Waals surface area contributed by atoms with Gasteiger partial charge in [-0.15, -0.1) is 0 Å². The number of carbonyl (C=O) groups excluding carboxylic acids is 7. The second-order valence-electron chi connectivity index (χ2n) is 24.8. The van der Waals surface area contributed by atoms with Crippen LogP contribution in [0, 0.1) is 0 Å². The van der Waals surface area contributed by atoms with E-state index in [1.54, 1.807) is 42.5 Å². The molecule has 0 saturated carbocycles. The molecule has 0 unspecified atom stereocenters. The summed E-state index contributed by atoms with van der Waals surface area (Å²) in [7, 11) is -6.20. The zero-order valence-electron chi connectivity index (χ0n) is 68.9. The fourth-order valence-electron chi connectivity index (χ4n) is 11.0. The highest BCUT2D eigenvalue weighted by Crippen LogP contribution is 2.33. The van der Waals surface area contributed by atoms with Gasteiger partial charge in [-0.1, -0.05) is 228 Å². The first kappa shape index (κ1) is 97.5. The quantitative estimate of drug-likeness (QED) is 0.00592. The Labute approximate surface area is 723 Å². The van der Waals surface area contributed by atoms with E-state index in [0.717, 1.165) is 91.9 Å². The number of hydrogen-bond donors (Lipinski definition) is 5. The molecule has 0 aromatic heterocycles. The zero-order valence-corrected chi connectivity index (χ0v) is 69.9. The Morgan fingerprint density at radius 1 is 0.242 bits per heavy atom. The van der Waals surface area contributed by atoms with Crippen LogP contribution in [0.25, 0.3) is 0 Å². The summed E-state index contributed by atoms with van der Waals surface area (Å²) in [6.45, 7) is 24.1. The Morgan fingerprint density at radius 2 is 0.403 bits per heavy atom. The molecule has 10 aromatic carbocycles. The number of carbonyl (C=O) groups is 7. The second-order valence-corrected chi connectivity index (χ2v) is 31.4. The van der Waals surface area contributed by atoms with Gasteiger partial charge in [0.25, 0.3) is 0 Å². The van der Waals surface area contributed by atoms with Crippen LogP contribution in [0.2, 0.25) is 0 Å². The SMILES string of the molecule is C=CC(=O)OCCO.C=CC(=O)OCCOc1cc(O)cc(OCCOC(=O)C=C)c1.C=CC(=O)OCCOc1cc(OCCOC(=O)C=C)cc(O[Si](c2ccccc2)(c2ccccc2)c2ccccc2)c1.C=CC(=O)OCCOc1cc(OCCOC(=O)C=C)cc(O[Si](c2ccccc2)(c2ccccc2)c2ccccc2)c1.Oc1cc(O)cc(O)c1.[2H-].[2HH]. The lowest BCUT2D eigenvalue weighted by atomic mass is 10.3. The minimum atomic E-state index is -3.10. The number of esters is 7. The van der Waals surface area contributed by atoms with Crippen LogP contribution in [0.3, 0.4) is 0 Å². The van der Waals surface area contributed by atoms with E-state index in [4.69, 9.17) is 86.1 Å². The van der Waals surface area contributed by atoms with E-state index in [-0.39, 0.29) is 118 Å². The summed E-state index contributed by atoms with van der Waals surface area (Å²) >= 11 is 0. The third-order valence-corrected chi connectivity index (χ3v) is 24.1. The van der Waals surface area contributed by atoms with Crippen LogP contribution >= 0.6 is 0 Å². The maximum Gasteiger partial charge on any atom is 0.346 e. The van der Waals surface area contributed by atoms with Crippen LogP contribution in [0.15, 0.2) is 343 Å². The van der Waals surface area contributed by atoms with Gasteiger partial charge >= 0.3 is 58.4 Å². The lowest BCUT2D eigenvalue weighted by Gasteiger charge is -2.33. The van der Waals surface area contributed by atoms with Crippen molar-refractivity contribution in [3.63, 3.8) is 0 Å². The molecule has 0 aliphatic carbocycles. The number of benzene rings is 10. The largest absolute Gasteiger partial charge is 1.00 e. The highest BCUT2D eigenvalue weighted by Gasteiger charge is 2.45. The molecule has 0 aliphatic heterocycles. The summed E-state index contributed by atoms with van der Waals surface area (Å²) in [5, 5.41) is 50.1. The number of phenolic OH excluding ortho intramolecular Hbond substituents is 4. The molecule has 0 radical (unpaired) electrons. The summed E-state index contributed by atoms with van der Waals surface area (Å²) in [5.41, 5.74) is 0. The topological polar surface area (TPSA) is 359 Å². The minimum absolute atomic E-state index is 0. The summed E-state index contributed by atoms with van der Waals surface area (Å²) in [6, 6.07) is 79.4. The maximum atomic E-state index is 11.4. The summed E-state index contributed by atoms with van der Waals surface area (Å²) in [6.07, 6.45) is 7.55. The van der Waals surface area contributed by atoms with Crippen molar-refractivity contribution >= 4 is 89.5 Å². The number of ether oxygens (including phenoxy) is 13. The molecule has 0 aliphatic rings. The molecule has 5 N–H and O–H groups in total. The van der Waals surface area contributed by atoms with Gasteiger partial charge in [0, 0.05) is 117 Å². The Hall–Kier alpha value is -15.3. The monoisotopic (exact) mass is 1730 g/mol. The van der Waals surface area contributed by atoms with Gasteiger partial charge in [0.1, 0.15) is 155 Å². The standard InChI is InChI=1S/2C34H32O7Si.C16H18O7.C6H6O3.C5H8O3.H2.H/c2*1-3-33(35)39-22-20-37-27-24-28(38-21-23-40-34(36)4-2)26-29(25-27)41-42(30-14-8-5-9-15-30,31-16-10-6-11-17-31)32-18-12-7-13-19-32;1-3-15(18)22-7-5-20-13-9-12(17)10-14(11-13)21-6-8-23-16(19)4-2;7-4-1-5(8)3-6(9)2-4;1-2-5(7)8-4-3-6;;/h2*3-19,24-26H,1-2,20-23H2;3-4,9-11,17H,1-2,5-8H2;1-3,7-9H;2,6H,1,3-4H2;1H;/q;;;;;;-1/i;;;;;2*1+1. The third kappa shape index (κ3) is 34.2. The van der Waals surface area contributed by atoms with Crippen LogP contribution in [-0.2, 0) is 66.7 Å². The van der Waals surface area contributed by atoms with E-state index in [2.05, 4.69) is 124 Å². The van der Waals surface area contributed by atoms with E-state index in [9.17, 15) is 38.7 Å². The molecule has 124 heavy (non-hydrogen) atoms. The smallest absolute Gasteiger partial charge is 0.346 e.